The Labute approximate surface area is 199 Å². The molecular weight excluding hydrogens is 461 g/mol. The highest BCUT2D eigenvalue weighted by atomic mass is 32.2. The minimum absolute atomic E-state index is 0.0824. The number of carbonyl (C=O) groups excluding carboxylic acids is 1. The van der Waals surface area contributed by atoms with Crippen LogP contribution >= 0.6 is 0 Å². The summed E-state index contributed by atoms with van der Waals surface area (Å²) in [6.07, 6.45) is 7.20. The Balaban J connectivity index is 1.32. The molecule has 1 saturated heterocycles. The van der Waals surface area contributed by atoms with Crippen molar-refractivity contribution in [2.24, 2.45) is 5.92 Å². The molecular formula is C23H30FN5O4S. The minimum Gasteiger partial charge on any atom is -0.446 e. The van der Waals surface area contributed by atoms with Gasteiger partial charge in [0.1, 0.15) is 29.9 Å². The van der Waals surface area contributed by atoms with Gasteiger partial charge in [0.2, 0.25) is 0 Å². The Morgan fingerprint density at radius 3 is 2.56 bits per heavy atom. The first-order valence-corrected chi connectivity index (χ1v) is 13.3. The fraction of sp³-hybridized carbons (Fsp3) is 0.522. The fourth-order valence-corrected chi connectivity index (χ4v) is 4.71. The molecule has 1 amide bonds. The maximum absolute atomic E-state index is 14.4. The highest BCUT2D eigenvalue weighted by molar-refractivity contribution is 7.90. The summed E-state index contributed by atoms with van der Waals surface area (Å²) in [4.78, 5) is 24.4. The van der Waals surface area contributed by atoms with Gasteiger partial charge >= 0.3 is 6.09 Å². The molecule has 2 fully saturated rings. The van der Waals surface area contributed by atoms with E-state index in [1.165, 1.54) is 18.5 Å². The van der Waals surface area contributed by atoms with Crippen molar-refractivity contribution in [2.75, 3.05) is 43.2 Å². The van der Waals surface area contributed by atoms with Gasteiger partial charge in [0.15, 0.2) is 9.84 Å². The molecule has 1 N–H and O–H groups in total. The lowest BCUT2D eigenvalue weighted by atomic mass is 9.96. The second-order valence-corrected chi connectivity index (χ2v) is 11.1. The SMILES string of the molecule is CN(CC1CCN(C(=O)OC2CCC2)CC1)c1cc(Nc2ccc(S(C)(=O)=O)cc2F)ncn1. The van der Waals surface area contributed by atoms with Gasteiger partial charge in [0, 0.05) is 39.0 Å². The summed E-state index contributed by atoms with van der Waals surface area (Å²) in [5.74, 6) is 0.804. The van der Waals surface area contributed by atoms with E-state index >= 15 is 0 Å². The molecule has 184 valence electrons. The number of anilines is 3. The van der Waals surface area contributed by atoms with Gasteiger partial charge in [-0.2, -0.15) is 0 Å². The van der Waals surface area contributed by atoms with E-state index in [0.29, 0.717) is 30.6 Å². The van der Waals surface area contributed by atoms with Crippen LogP contribution in [0.3, 0.4) is 0 Å². The van der Waals surface area contributed by atoms with Crippen molar-refractivity contribution >= 4 is 33.3 Å². The summed E-state index contributed by atoms with van der Waals surface area (Å²) < 4.78 is 43.1. The Morgan fingerprint density at radius 2 is 1.94 bits per heavy atom. The normalized spacial score (nSPS) is 17.2. The van der Waals surface area contributed by atoms with Gasteiger partial charge in [-0.05, 0) is 56.2 Å². The zero-order valence-corrected chi connectivity index (χ0v) is 20.2. The molecule has 0 atom stereocenters. The molecule has 1 saturated carbocycles. The third-order valence-corrected chi connectivity index (χ3v) is 7.51. The maximum atomic E-state index is 14.4. The molecule has 34 heavy (non-hydrogen) atoms. The molecule has 11 heteroatoms. The van der Waals surface area contributed by atoms with Gasteiger partial charge < -0.3 is 19.9 Å². The number of aromatic nitrogens is 2. The number of rotatable bonds is 7. The molecule has 1 aliphatic heterocycles. The van der Waals surface area contributed by atoms with Gasteiger partial charge in [-0.1, -0.05) is 0 Å². The minimum atomic E-state index is -3.49. The molecule has 4 rings (SSSR count). The van der Waals surface area contributed by atoms with Crippen LogP contribution in [0.25, 0.3) is 0 Å². The first kappa shape index (κ1) is 24.2. The standard InChI is InChI=1S/C23H30FN5O4S/c1-28(14-16-8-10-29(11-9-16)23(30)33-17-4-3-5-17)22-13-21(25-15-26-22)27-20-7-6-18(12-19(20)24)34(2,31)32/h6-7,12-13,15-17H,3-5,8-11,14H2,1-2H3,(H,25,26,27). The van der Waals surface area contributed by atoms with Crippen LogP contribution in [0, 0.1) is 11.7 Å². The molecule has 1 aromatic carbocycles. The average Bonchev–Trinajstić information content (AvgIpc) is 2.77. The smallest absolute Gasteiger partial charge is 0.410 e. The van der Waals surface area contributed by atoms with Crippen molar-refractivity contribution in [1.29, 1.82) is 0 Å². The monoisotopic (exact) mass is 491 g/mol. The molecule has 0 bridgehead atoms. The van der Waals surface area contributed by atoms with E-state index in [0.717, 1.165) is 51.0 Å². The molecule has 2 aromatic rings. The Kier molecular flexibility index (Phi) is 7.20. The van der Waals surface area contributed by atoms with Crippen molar-refractivity contribution in [1.82, 2.24) is 14.9 Å². The number of sulfone groups is 1. The average molecular weight is 492 g/mol. The number of hydrogen-bond donors (Lipinski definition) is 1. The first-order chi connectivity index (χ1) is 16.2. The lowest BCUT2D eigenvalue weighted by molar-refractivity contribution is 0.0208. The Morgan fingerprint density at radius 1 is 1.21 bits per heavy atom. The maximum Gasteiger partial charge on any atom is 0.410 e. The zero-order valence-electron chi connectivity index (χ0n) is 19.4. The van der Waals surface area contributed by atoms with E-state index in [2.05, 4.69) is 15.3 Å². The van der Waals surface area contributed by atoms with E-state index in [1.807, 2.05) is 11.9 Å². The van der Waals surface area contributed by atoms with E-state index in [1.54, 1.807) is 11.0 Å². The van der Waals surface area contributed by atoms with Crippen LogP contribution in [0.15, 0.2) is 35.5 Å². The van der Waals surface area contributed by atoms with Crippen molar-refractivity contribution in [3.8, 4) is 0 Å². The highest BCUT2D eigenvalue weighted by Gasteiger charge is 2.28. The quantitative estimate of drug-likeness (QED) is 0.627. The molecule has 0 unspecified atom stereocenters. The number of carbonyl (C=O) groups is 1. The highest BCUT2D eigenvalue weighted by Crippen LogP contribution is 2.26. The van der Waals surface area contributed by atoms with Crippen LogP contribution in [0.5, 0.6) is 0 Å². The van der Waals surface area contributed by atoms with E-state index in [4.69, 9.17) is 4.74 Å². The number of nitrogens with one attached hydrogen (secondary N) is 1. The second kappa shape index (κ2) is 10.1. The van der Waals surface area contributed by atoms with E-state index < -0.39 is 15.7 Å². The fourth-order valence-electron chi connectivity index (χ4n) is 4.07. The number of likely N-dealkylation sites (tertiary alicyclic amines) is 1. The van der Waals surface area contributed by atoms with Crippen molar-refractivity contribution in [3.63, 3.8) is 0 Å². The molecule has 9 nitrogen and oxygen atoms in total. The topological polar surface area (TPSA) is 105 Å². The molecule has 2 heterocycles. The van der Waals surface area contributed by atoms with Crippen LogP contribution in [-0.2, 0) is 14.6 Å². The van der Waals surface area contributed by atoms with Crippen LogP contribution < -0.4 is 10.2 Å². The number of halogens is 1. The molecule has 1 aliphatic carbocycles. The van der Waals surface area contributed by atoms with Crippen molar-refractivity contribution in [2.45, 2.75) is 43.1 Å². The number of hydrogen-bond acceptors (Lipinski definition) is 8. The van der Waals surface area contributed by atoms with Gasteiger partial charge in [0.05, 0.1) is 10.6 Å². The van der Waals surface area contributed by atoms with Crippen LogP contribution in [-0.4, -0.2) is 68.4 Å². The Bertz CT molecular complexity index is 1130. The lowest BCUT2D eigenvalue weighted by Gasteiger charge is -2.35. The summed E-state index contributed by atoms with van der Waals surface area (Å²) in [7, 11) is -1.55. The van der Waals surface area contributed by atoms with Gasteiger partial charge in [-0.3, -0.25) is 0 Å². The molecule has 0 spiro atoms. The number of nitrogens with zero attached hydrogens (tertiary/aromatic N) is 4. The zero-order chi connectivity index (χ0) is 24.3. The van der Waals surface area contributed by atoms with Crippen molar-refractivity contribution < 1.29 is 22.3 Å². The molecule has 1 aromatic heterocycles. The van der Waals surface area contributed by atoms with Gasteiger partial charge in [-0.25, -0.2) is 27.6 Å². The lowest BCUT2D eigenvalue weighted by Crippen LogP contribution is -2.43. The van der Waals surface area contributed by atoms with Gasteiger partial charge in [0.25, 0.3) is 0 Å². The summed E-state index contributed by atoms with van der Waals surface area (Å²) in [5.41, 5.74) is 0.126. The third kappa shape index (κ3) is 5.94. The summed E-state index contributed by atoms with van der Waals surface area (Å²) in [5, 5.41) is 2.89. The van der Waals surface area contributed by atoms with Crippen LogP contribution in [0.4, 0.5) is 26.5 Å². The second-order valence-electron chi connectivity index (χ2n) is 9.05. The number of amides is 1. The summed E-state index contributed by atoms with van der Waals surface area (Å²) in [6.45, 7) is 2.13. The van der Waals surface area contributed by atoms with Crippen LogP contribution in [0.1, 0.15) is 32.1 Å². The van der Waals surface area contributed by atoms with Crippen LogP contribution in [0.2, 0.25) is 0 Å². The largest absolute Gasteiger partial charge is 0.446 e. The van der Waals surface area contributed by atoms with Crippen molar-refractivity contribution in [3.05, 3.63) is 36.4 Å². The first-order valence-electron chi connectivity index (χ1n) is 11.4. The predicted octanol–water partition coefficient (Wildman–Crippen LogP) is 3.60. The molecule has 2 aliphatic rings. The Hall–Kier alpha value is -2.95. The number of benzene rings is 1. The van der Waals surface area contributed by atoms with E-state index in [9.17, 15) is 17.6 Å². The van der Waals surface area contributed by atoms with Gasteiger partial charge in [-0.15, -0.1) is 0 Å². The molecule has 0 radical (unpaired) electrons. The third-order valence-electron chi connectivity index (χ3n) is 6.40. The predicted molar refractivity (Wildman–Crippen MR) is 127 cm³/mol. The summed E-state index contributed by atoms with van der Waals surface area (Å²) >= 11 is 0. The number of piperidine rings is 1. The van der Waals surface area contributed by atoms with E-state index in [-0.39, 0.29) is 22.8 Å². The number of ether oxygens (including phenoxy) is 1. The summed E-state index contributed by atoms with van der Waals surface area (Å²) in [6, 6.07) is 5.43.